The van der Waals surface area contributed by atoms with Crippen molar-refractivity contribution in [3.05, 3.63) is 65.0 Å². The number of piperidine rings is 1. The highest BCUT2D eigenvalue weighted by atomic mass is 28.4. The van der Waals surface area contributed by atoms with Gasteiger partial charge in [0.2, 0.25) is 0 Å². The molecule has 0 aromatic heterocycles. The fraction of sp³-hybridized carbons (Fsp3) is 0.567. The van der Waals surface area contributed by atoms with Gasteiger partial charge in [-0.1, -0.05) is 56.7 Å². The summed E-state index contributed by atoms with van der Waals surface area (Å²) in [6.07, 6.45) is 2.55. The summed E-state index contributed by atoms with van der Waals surface area (Å²) < 4.78 is 6.57. The third-order valence-corrected chi connectivity index (χ3v) is 12.4. The summed E-state index contributed by atoms with van der Waals surface area (Å²) >= 11 is 0. The molecule has 1 aliphatic rings. The van der Waals surface area contributed by atoms with Crippen molar-refractivity contribution in [2.75, 3.05) is 39.8 Å². The monoisotopic (exact) mass is 491 g/mol. The number of hydrogen-bond acceptors (Lipinski definition) is 3. The van der Waals surface area contributed by atoms with Gasteiger partial charge in [0.1, 0.15) is 0 Å². The molecule has 1 aliphatic heterocycles. The molecule has 0 unspecified atom stereocenters. The van der Waals surface area contributed by atoms with E-state index in [2.05, 4.69) is 86.7 Å². The van der Waals surface area contributed by atoms with E-state index in [1.54, 1.807) is 0 Å². The lowest BCUT2D eigenvalue weighted by molar-refractivity contribution is 0.136. The lowest BCUT2D eigenvalue weighted by Gasteiger charge is -2.37. The van der Waals surface area contributed by atoms with Gasteiger partial charge in [-0.25, -0.2) is 4.85 Å². The number of aryl methyl sites for hydroxylation is 1. The molecule has 3 rings (SSSR count). The second-order valence-electron chi connectivity index (χ2n) is 12.0. The standard InChI is InChI=1S/C30H45N3OSi/c1-24-18-26(20-28(19-24)27-10-9-11-29(21-27)31-5)23-33(22-25-12-14-32(6)15-13-25)16-17-34-35(7,8)30(2,3)4/h9-11,18-21,25H,12-17,22-23H2,1-4,6-8H3. The number of benzene rings is 2. The average Bonchev–Trinajstić information content (AvgIpc) is 2.79. The average molecular weight is 492 g/mol. The molecule has 1 saturated heterocycles. The highest BCUT2D eigenvalue weighted by molar-refractivity contribution is 6.74. The Morgan fingerprint density at radius 2 is 1.80 bits per heavy atom. The molecule has 0 spiro atoms. The lowest BCUT2D eigenvalue weighted by Crippen LogP contribution is -2.43. The second kappa shape index (κ2) is 11.8. The molecular formula is C30H45N3OSi. The molecule has 1 heterocycles. The molecule has 2 aromatic rings. The van der Waals surface area contributed by atoms with Crippen LogP contribution in [0, 0.1) is 19.4 Å². The van der Waals surface area contributed by atoms with Crippen LogP contribution in [0.4, 0.5) is 5.69 Å². The van der Waals surface area contributed by atoms with Crippen molar-refractivity contribution < 1.29 is 4.43 Å². The van der Waals surface area contributed by atoms with Crippen LogP contribution in [0.1, 0.15) is 44.7 Å². The van der Waals surface area contributed by atoms with Crippen molar-refractivity contribution >= 4 is 14.0 Å². The van der Waals surface area contributed by atoms with Crippen molar-refractivity contribution in [2.24, 2.45) is 5.92 Å². The van der Waals surface area contributed by atoms with Gasteiger partial charge in [0, 0.05) is 26.2 Å². The minimum atomic E-state index is -1.75. The summed E-state index contributed by atoms with van der Waals surface area (Å²) in [7, 11) is 0.481. The topological polar surface area (TPSA) is 20.1 Å². The molecule has 0 radical (unpaired) electrons. The lowest BCUT2D eigenvalue weighted by atomic mass is 9.96. The van der Waals surface area contributed by atoms with Crippen LogP contribution < -0.4 is 0 Å². The first-order valence-electron chi connectivity index (χ1n) is 13.1. The molecule has 0 N–H and O–H groups in total. The van der Waals surface area contributed by atoms with Gasteiger partial charge in [0.15, 0.2) is 14.0 Å². The molecule has 0 bridgehead atoms. The maximum atomic E-state index is 7.37. The first-order valence-corrected chi connectivity index (χ1v) is 16.0. The zero-order valence-corrected chi connectivity index (χ0v) is 24.0. The van der Waals surface area contributed by atoms with E-state index in [1.165, 1.54) is 42.6 Å². The summed E-state index contributed by atoms with van der Waals surface area (Å²) in [6.45, 7) is 27.4. The predicted octanol–water partition coefficient (Wildman–Crippen LogP) is 7.38. The molecule has 0 atom stereocenters. The van der Waals surface area contributed by atoms with Crippen molar-refractivity contribution in [2.45, 2.75) is 65.2 Å². The van der Waals surface area contributed by atoms with Gasteiger partial charge >= 0.3 is 0 Å². The first-order chi connectivity index (χ1) is 16.5. The van der Waals surface area contributed by atoms with Gasteiger partial charge in [0.05, 0.1) is 6.57 Å². The molecule has 0 saturated carbocycles. The third kappa shape index (κ3) is 8.01. The highest BCUT2D eigenvalue weighted by Crippen LogP contribution is 2.36. The summed E-state index contributed by atoms with van der Waals surface area (Å²) in [4.78, 5) is 8.69. The Bertz CT molecular complexity index is 1010. The van der Waals surface area contributed by atoms with E-state index in [9.17, 15) is 0 Å². The maximum absolute atomic E-state index is 7.37. The minimum Gasteiger partial charge on any atom is -0.416 e. The van der Waals surface area contributed by atoms with Crippen molar-refractivity contribution in [1.29, 1.82) is 0 Å². The van der Waals surface area contributed by atoms with Gasteiger partial charge in [-0.3, -0.25) is 4.90 Å². The van der Waals surface area contributed by atoms with Crippen LogP contribution in [-0.4, -0.2) is 58.0 Å². The summed E-state index contributed by atoms with van der Waals surface area (Å²) in [5.41, 5.74) is 5.61. The normalized spacial score (nSPS) is 16.0. The Hall–Kier alpha value is -1.97. The maximum Gasteiger partial charge on any atom is 0.192 e. The Balaban J connectivity index is 1.76. The number of likely N-dealkylation sites (tertiary alicyclic amines) is 1. The molecule has 2 aromatic carbocycles. The Labute approximate surface area is 215 Å². The Morgan fingerprint density at radius 1 is 1.09 bits per heavy atom. The minimum absolute atomic E-state index is 0.233. The van der Waals surface area contributed by atoms with Gasteiger partial charge in [-0.2, -0.15) is 0 Å². The van der Waals surface area contributed by atoms with E-state index < -0.39 is 8.32 Å². The second-order valence-corrected chi connectivity index (χ2v) is 16.8. The molecule has 1 fully saturated rings. The summed E-state index contributed by atoms with van der Waals surface area (Å²) in [6, 6.07) is 14.8. The van der Waals surface area contributed by atoms with Crippen molar-refractivity contribution in [3.8, 4) is 11.1 Å². The van der Waals surface area contributed by atoms with Crippen LogP contribution in [0.5, 0.6) is 0 Å². The number of nitrogens with zero attached hydrogens (tertiary/aromatic N) is 3. The summed E-state index contributed by atoms with van der Waals surface area (Å²) in [5.74, 6) is 0.749. The van der Waals surface area contributed by atoms with Crippen molar-refractivity contribution in [3.63, 3.8) is 0 Å². The molecule has 0 aliphatic carbocycles. The van der Waals surface area contributed by atoms with Crippen LogP contribution in [-0.2, 0) is 11.0 Å². The van der Waals surface area contributed by atoms with Crippen LogP contribution in [0.2, 0.25) is 18.1 Å². The molecule has 5 heteroatoms. The fourth-order valence-corrected chi connectivity index (χ4v) is 5.66. The van der Waals surface area contributed by atoms with E-state index in [4.69, 9.17) is 11.0 Å². The van der Waals surface area contributed by atoms with Crippen LogP contribution in [0.3, 0.4) is 0 Å². The zero-order chi connectivity index (χ0) is 25.6. The van der Waals surface area contributed by atoms with Crippen LogP contribution in [0.25, 0.3) is 16.0 Å². The fourth-order valence-electron chi connectivity index (χ4n) is 4.62. The Kier molecular flexibility index (Phi) is 9.34. The van der Waals surface area contributed by atoms with Gasteiger partial charge in [-0.05, 0) is 92.8 Å². The summed E-state index contributed by atoms with van der Waals surface area (Å²) in [5, 5.41) is 0.233. The molecule has 0 amide bonds. The quantitative estimate of drug-likeness (QED) is 0.270. The molecule has 35 heavy (non-hydrogen) atoms. The van der Waals surface area contributed by atoms with E-state index >= 15 is 0 Å². The van der Waals surface area contributed by atoms with Crippen molar-refractivity contribution in [1.82, 2.24) is 9.80 Å². The van der Waals surface area contributed by atoms with Gasteiger partial charge in [0.25, 0.3) is 0 Å². The van der Waals surface area contributed by atoms with Gasteiger partial charge < -0.3 is 9.33 Å². The van der Waals surface area contributed by atoms with E-state index in [0.29, 0.717) is 5.69 Å². The van der Waals surface area contributed by atoms with Crippen LogP contribution in [0.15, 0.2) is 42.5 Å². The highest BCUT2D eigenvalue weighted by Gasteiger charge is 2.37. The predicted molar refractivity (Wildman–Crippen MR) is 152 cm³/mol. The SMILES string of the molecule is [C-]#[N+]c1cccc(-c2cc(C)cc(CN(CCO[Si](C)(C)C(C)(C)C)CC3CCN(C)CC3)c2)c1. The zero-order valence-electron chi connectivity index (χ0n) is 23.0. The van der Waals surface area contributed by atoms with Gasteiger partial charge in [-0.15, -0.1) is 0 Å². The molecule has 4 nitrogen and oxygen atoms in total. The molecule has 190 valence electrons. The smallest absolute Gasteiger partial charge is 0.192 e. The number of rotatable bonds is 9. The Morgan fingerprint density at radius 3 is 2.46 bits per heavy atom. The molecular weight excluding hydrogens is 446 g/mol. The van der Waals surface area contributed by atoms with Crippen LogP contribution >= 0.6 is 0 Å². The largest absolute Gasteiger partial charge is 0.416 e. The van der Waals surface area contributed by atoms with E-state index in [1.807, 2.05) is 18.2 Å². The van der Waals surface area contributed by atoms with E-state index in [-0.39, 0.29) is 5.04 Å². The third-order valence-electron chi connectivity index (χ3n) is 7.88. The van der Waals surface area contributed by atoms with E-state index in [0.717, 1.165) is 37.7 Å². The first kappa shape index (κ1) is 27.6. The number of hydrogen-bond donors (Lipinski definition) is 0.